The average Bonchev–Trinajstić information content (AvgIpc) is 2.86. The van der Waals surface area contributed by atoms with E-state index >= 15 is 0 Å². The van der Waals surface area contributed by atoms with Crippen LogP contribution in [0.15, 0.2) is 69.7 Å². The molecule has 0 saturated carbocycles. The second-order valence-electron chi connectivity index (χ2n) is 5.12. The summed E-state index contributed by atoms with van der Waals surface area (Å²) in [6.07, 6.45) is 5.03. The van der Waals surface area contributed by atoms with Crippen LogP contribution < -0.4 is 0 Å². The molecule has 4 nitrogen and oxygen atoms in total. The van der Waals surface area contributed by atoms with Crippen molar-refractivity contribution < 1.29 is 4.79 Å². The zero-order valence-corrected chi connectivity index (χ0v) is 15.5. The van der Waals surface area contributed by atoms with Crippen LogP contribution in [0.3, 0.4) is 0 Å². The average molecular weight is 390 g/mol. The van der Waals surface area contributed by atoms with Crippen molar-refractivity contribution in [2.75, 3.05) is 7.05 Å². The van der Waals surface area contributed by atoms with Gasteiger partial charge in [-0.1, -0.05) is 53.5 Å². The maximum absolute atomic E-state index is 12.4. The number of amidine groups is 1. The quantitative estimate of drug-likeness (QED) is 0.542. The molecule has 1 amide bonds. The van der Waals surface area contributed by atoms with Crippen molar-refractivity contribution in [3.8, 4) is 0 Å². The lowest BCUT2D eigenvalue weighted by Crippen LogP contribution is -2.23. The largest absolute Gasteiger partial charge is 0.290 e. The van der Waals surface area contributed by atoms with Crippen molar-refractivity contribution in [2.24, 2.45) is 4.99 Å². The SMILES string of the molecule is CN1C(=O)/C(=C/C(Cl)=C/c2ccccc2)SC1=Nc1cccnc1Cl. The molecule has 0 aliphatic carbocycles. The molecule has 0 radical (unpaired) electrons. The molecule has 0 N–H and O–H groups in total. The Labute approximate surface area is 159 Å². The van der Waals surface area contributed by atoms with Gasteiger partial charge in [0.1, 0.15) is 5.69 Å². The van der Waals surface area contributed by atoms with Crippen LogP contribution >= 0.6 is 35.0 Å². The second-order valence-corrected chi connectivity index (χ2v) is 6.93. The molecule has 1 fully saturated rings. The molecule has 2 heterocycles. The monoisotopic (exact) mass is 389 g/mol. The highest BCUT2D eigenvalue weighted by Crippen LogP contribution is 2.34. The minimum absolute atomic E-state index is 0.164. The molecule has 126 valence electrons. The maximum atomic E-state index is 12.4. The molecule has 1 aliphatic rings. The zero-order chi connectivity index (χ0) is 17.8. The number of nitrogens with zero attached hydrogens (tertiary/aromatic N) is 3. The molecule has 0 unspecified atom stereocenters. The molecule has 2 aromatic rings. The Morgan fingerprint density at radius 2 is 2.00 bits per heavy atom. The zero-order valence-electron chi connectivity index (χ0n) is 13.2. The Hall–Kier alpha value is -2.08. The van der Waals surface area contributed by atoms with Gasteiger partial charge >= 0.3 is 0 Å². The summed E-state index contributed by atoms with van der Waals surface area (Å²) in [6, 6.07) is 13.1. The molecule has 1 saturated heterocycles. The van der Waals surface area contributed by atoms with E-state index in [-0.39, 0.29) is 11.1 Å². The van der Waals surface area contributed by atoms with Gasteiger partial charge in [0, 0.05) is 18.3 Å². The van der Waals surface area contributed by atoms with Gasteiger partial charge in [0.25, 0.3) is 5.91 Å². The number of benzene rings is 1. The summed E-state index contributed by atoms with van der Waals surface area (Å²) >= 11 is 13.5. The number of allylic oxidation sites excluding steroid dienone is 2. The third kappa shape index (κ3) is 4.31. The Bertz CT molecular complexity index is 894. The van der Waals surface area contributed by atoms with Gasteiger partial charge in [0.15, 0.2) is 10.3 Å². The maximum Gasteiger partial charge on any atom is 0.266 e. The van der Waals surface area contributed by atoms with Crippen LogP contribution in [0.25, 0.3) is 6.08 Å². The van der Waals surface area contributed by atoms with Crippen molar-refractivity contribution >= 4 is 57.8 Å². The molecule has 3 rings (SSSR count). The number of likely N-dealkylation sites (N-methyl/N-ethyl adjacent to an activating group) is 1. The van der Waals surface area contributed by atoms with E-state index in [0.29, 0.717) is 20.8 Å². The lowest BCUT2D eigenvalue weighted by molar-refractivity contribution is -0.121. The molecule has 25 heavy (non-hydrogen) atoms. The van der Waals surface area contributed by atoms with Gasteiger partial charge in [0.05, 0.1) is 4.91 Å². The van der Waals surface area contributed by atoms with Gasteiger partial charge in [-0.2, -0.15) is 0 Å². The number of rotatable bonds is 3. The number of hydrogen-bond acceptors (Lipinski definition) is 4. The van der Waals surface area contributed by atoms with Crippen LogP contribution in [0, 0.1) is 0 Å². The summed E-state index contributed by atoms with van der Waals surface area (Å²) in [7, 11) is 1.66. The molecule has 0 spiro atoms. The first-order chi connectivity index (χ1) is 12.0. The summed E-state index contributed by atoms with van der Waals surface area (Å²) in [5, 5.41) is 1.28. The summed E-state index contributed by atoms with van der Waals surface area (Å²) in [5.41, 5.74) is 1.47. The lowest BCUT2D eigenvalue weighted by atomic mass is 10.2. The molecule has 1 aliphatic heterocycles. The normalized spacial score (nSPS) is 18.4. The van der Waals surface area contributed by atoms with Crippen molar-refractivity contribution in [3.63, 3.8) is 0 Å². The first-order valence-electron chi connectivity index (χ1n) is 7.33. The number of carbonyl (C=O) groups excluding carboxylic acids is 1. The van der Waals surface area contributed by atoms with Crippen LogP contribution in [-0.2, 0) is 4.79 Å². The van der Waals surface area contributed by atoms with Gasteiger partial charge in [-0.3, -0.25) is 9.69 Å². The van der Waals surface area contributed by atoms with Crippen LogP contribution in [0.2, 0.25) is 5.15 Å². The van der Waals surface area contributed by atoms with E-state index < -0.39 is 0 Å². The van der Waals surface area contributed by atoms with Crippen LogP contribution in [0.5, 0.6) is 0 Å². The third-order valence-electron chi connectivity index (χ3n) is 3.33. The Balaban J connectivity index is 1.86. The highest BCUT2D eigenvalue weighted by Gasteiger charge is 2.30. The van der Waals surface area contributed by atoms with Gasteiger partial charge < -0.3 is 0 Å². The first-order valence-corrected chi connectivity index (χ1v) is 8.91. The number of carbonyl (C=O) groups is 1. The Morgan fingerprint density at radius 3 is 2.72 bits per heavy atom. The lowest BCUT2D eigenvalue weighted by Gasteiger charge is -2.07. The van der Waals surface area contributed by atoms with Crippen molar-refractivity contribution in [3.05, 3.63) is 75.4 Å². The number of aliphatic imine (C=N–C) groups is 1. The van der Waals surface area contributed by atoms with E-state index in [0.717, 1.165) is 5.56 Å². The van der Waals surface area contributed by atoms with E-state index in [4.69, 9.17) is 23.2 Å². The standard InChI is InChI=1S/C18H13Cl2N3OS/c1-23-17(24)15(11-13(19)10-12-6-3-2-4-7-12)25-18(23)22-14-8-5-9-21-16(14)20/h2-11H,1H3/b13-10-,15-11-,22-18?. The number of thioether (sulfide) groups is 1. The summed E-state index contributed by atoms with van der Waals surface area (Å²) in [6.45, 7) is 0. The van der Waals surface area contributed by atoms with E-state index in [1.807, 2.05) is 30.3 Å². The van der Waals surface area contributed by atoms with Crippen LogP contribution in [0.1, 0.15) is 5.56 Å². The number of halogens is 2. The predicted molar refractivity (Wildman–Crippen MR) is 105 cm³/mol. The van der Waals surface area contributed by atoms with E-state index in [1.54, 1.807) is 37.5 Å². The fourth-order valence-electron chi connectivity index (χ4n) is 2.09. The van der Waals surface area contributed by atoms with Crippen LogP contribution in [0.4, 0.5) is 5.69 Å². The van der Waals surface area contributed by atoms with E-state index in [1.165, 1.54) is 16.7 Å². The van der Waals surface area contributed by atoms with Gasteiger partial charge in [-0.15, -0.1) is 0 Å². The molecule has 0 atom stereocenters. The molecule has 1 aromatic carbocycles. The fraction of sp³-hybridized carbons (Fsp3) is 0.0556. The number of pyridine rings is 1. The van der Waals surface area contributed by atoms with Gasteiger partial charge in [-0.05, 0) is 41.6 Å². The highest BCUT2D eigenvalue weighted by atomic mass is 35.5. The number of hydrogen-bond donors (Lipinski definition) is 0. The summed E-state index contributed by atoms with van der Waals surface area (Å²) < 4.78 is 0. The molecular formula is C18H13Cl2N3OS. The predicted octanol–water partition coefficient (Wildman–Crippen LogP) is 5.09. The van der Waals surface area contributed by atoms with E-state index in [9.17, 15) is 4.79 Å². The number of aromatic nitrogens is 1. The van der Waals surface area contributed by atoms with E-state index in [2.05, 4.69) is 9.98 Å². The molecule has 1 aromatic heterocycles. The van der Waals surface area contributed by atoms with Gasteiger partial charge in [-0.25, -0.2) is 9.98 Å². The fourth-order valence-corrected chi connectivity index (χ4v) is 3.52. The number of amides is 1. The minimum Gasteiger partial charge on any atom is -0.290 e. The third-order valence-corrected chi connectivity index (χ3v) is 4.90. The van der Waals surface area contributed by atoms with Crippen molar-refractivity contribution in [2.45, 2.75) is 0 Å². The topological polar surface area (TPSA) is 45.6 Å². The summed E-state index contributed by atoms with van der Waals surface area (Å²) in [4.78, 5) is 22.8. The molecule has 0 bridgehead atoms. The highest BCUT2D eigenvalue weighted by molar-refractivity contribution is 8.18. The van der Waals surface area contributed by atoms with Crippen LogP contribution in [-0.4, -0.2) is 28.0 Å². The summed E-state index contributed by atoms with van der Waals surface area (Å²) in [5.74, 6) is -0.164. The van der Waals surface area contributed by atoms with Crippen molar-refractivity contribution in [1.29, 1.82) is 0 Å². The molecule has 7 heteroatoms. The minimum atomic E-state index is -0.164. The second kappa shape index (κ2) is 7.87. The Morgan fingerprint density at radius 1 is 1.24 bits per heavy atom. The molecular weight excluding hydrogens is 377 g/mol. The van der Waals surface area contributed by atoms with Crippen molar-refractivity contribution in [1.82, 2.24) is 9.88 Å². The smallest absolute Gasteiger partial charge is 0.266 e. The first kappa shape index (κ1) is 17.7. The Kier molecular flexibility index (Phi) is 5.58. The van der Waals surface area contributed by atoms with Gasteiger partial charge in [0.2, 0.25) is 0 Å².